The first-order valence-corrected chi connectivity index (χ1v) is 6.73. The normalized spacial score (nSPS) is 16.8. The third kappa shape index (κ3) is 2.72. The fourth-order valence-corrected chi connectivity index (χ4v) is 2.54. The van der Waals surface area contributed by atoms with Gasteiger partial charge in [0.2, 0.25) is 0 Å². The molecular formula is C13H22N4O. The molecule has 100 valence electrons. The Morgan fingerprint density at radius 1 is 1.56 bits per heavy atom. The number of carbonyl (C=O) groups is 1. The van der Waals surface area contributed by atoms with Gasteiger partial charge in [-0.15, -0.1) is 0 Å². The van der Waals surface area contributed by atoms with E-state index in [2.05, 4.69) is 17.3 Å². The molecule has 1 amide bonds. The van der Waals surface area contributed by atoms with Crippen molar-refractivity contribution < 1.29 is 4.79 Å². The maximum atomic E-state index is 12.6. The average Bonchev–Trinajstić information content (AvgIpc) is 2.82. The summed E-state index contributed by atoms with van der Waals surface area (Å²) in [5.41, 5.74) is 0.682. The molecule has 2 rings (SSSR count). The zero-order valence-electron chi connectivity index (χ0n) is 11.2. The first-order chi connectivity index (χ1) is 8.74. The van der Waals surface area contributed by atoms with Gasteiger partial charge in [0.05, 0.1) is 0 Å². The summed E-state index contributed by atoms with van der Waals surface area (Å²) in [7, 11) is 1.82. The second-order valence-electron chi connectivity index (χ2n) is 4.82. The molecule has 0 atom stereocenters. The van der Waals surface area contributed by atoms with Gasteiger partial charge in [0.1, 0.15) is 5.69 Å². The SMILES string of the molecule is CCCN(C(=O)c1ccnn1C)C1CCNCC1. The van der Waals surface area contributed by atoms with Crippen LogP contribution in [0.4, 0.5) is 0 Å². The lowest BCUT2D eigenvalue weighted by molar-refractivity contribution is 0.0631. The van der Waals surface area contributed by atoms with Crippen LogP contribution in [-0.4, -0.2) is 46.3 Å². The van der Waals surface area contributed by atoms with Crippen molar-refractivity contribution >= 4 is 5.91 Å². The number of carbonyl (C=O) groups excluding carboxylic acids is 1. The number of hydrogen-bond donors (Lipinski definition) is 1. The fraction of sp³-hybridized carbons (Fsp3) is 0.692. The summed E-state index contributed by atoms with van der Waals surface area (Å²) in [4.78, 5) is 14.6. The van der Waals surface area contributed by atoms with Gasteiger partial charge in [0.15, 0.2) is 0 Å². The Kier molecular flexibility index (Phi) is 4.36. The molecule has 0 aliphatic carbocycles. The van der Waals surface area contributed by atoms with Gasteiger partial charge in [-0.05, 0) is 38.4 Å². The summed E-state index contributed by atoms with van der Waals surface area (Å²) < 4.78 is 1.66. The molecule has 0 unspecified atom stereocenters. The number of piperidine rings is 1. The monoisotopic (exact) mass is 250 g/mol. The number of nitrogens with zero attached hydrogens (tertiary/aromatic N) is 3. The Labute approximate surface area is 108 Å². The Hall–Kier alpha value is -1.36. The van der Waals surface area contributed by atoms with Gasteiger partial charge in [-0.25, -0.2) is 0 Å². The number of hydrogen-bond acceptors (Lipinski definition) is 3. The van der Waals surface area contributed by atoms with Crippen LogP contribution in [0.1, 0.15) is 36.7 Å². The van der Waals surface area contributed by atoms with Crippen molar-refractivity contribution in [2.24, 2.45) is 7.05 Å². The van der Waals surface area contributed by atoms with E-state index in [1.165, 1.54) is 0 Å². The minimum atomic E-state index is 0.115. The van der Waals surface area contributed by atoms with Crippen molar-refractivity contribution in [3.05, 3.63) is 18.0 Å². The molecule has 1 aliphatic rings. The lowest BCUT2D eigenvalue weighted by Gasteiger charge is -2.34. The molecule has 0 spiro atoms. The van der Waals surface area contributed by atoms with E-state index in [0.29, 0.717) is 11.7 Å². The Morgan fingerprint density at radius 3 is 2.83 bits per heavy atom. The first-order valence-electron chi connectivity index (χ1n) is 6.73. The van der Waals surface area contributed by atoms with Gasteiger partial charge in [0.25, 0.3) is 5.91 Å². The summed E-state index contributed by atoms with van der Waals surface area (Å²) in [6, 6.07) is 2.17. The molecule has 5 nitrogen and oxygen atoms in total. The van der Waals surface area contributed by atoms with E-state index < -0.39 is 0 Å². The zero-order chi connectivity index (χ0) is 13.0. The smallest absolute Gasteiger partial charge is 0.272 e. The van der Waals surface area contributed by atoms with Crippen molar-refractivity contribution in [3.63, 3.8) is 0 Å². The lowest BCUT2D eigenvalue weighted by atomic mass is 10.0. The van der Waals surface area contributed by atoms with E-state index in [0.717, 1.165) is 38.9 Å². The van der Waals surface area contributed by atoms with E-state index >= 15 is 0 Å². The largest absolute Gasteiger partial charge is 0.334 e. The molecule has 1 fully saturated rings. The predicted octanol–water partition coefficient (Wildman–Crippen LogP) is 1.02. The second kappa shape index (κ2) is 6.00. The van der Waals surface area contributed by atoms with Crippen molar-refractivity contribution in [2.75, 3.05) is 19.6 Å². The van der Waals surface area contributed by atoms with Gasteiger partial charge in [-0.2, -0.15) is 5.10 Å². The van der Waals surface area contributed by atoms with Crippen LogP contribution in [0, 0.1) is 0 Å². The van der Waals surface area contributed by atoms with Crippen LogP contribution in [0.2, 0.25) is 0 Å². The van der Waals surface area contributed by atoms with Crippen LogP contribution in [-0.2, 0) is 7.05 Å². The van der Waals surface area contributed by atoms with Crippen LogP contribution in [0.3, 0.4) is 0 Å². The van der Waals surface area contributed by atoms with Crippen molar-refractivity contribution in [1.29, 1.82) is 0 Å². The van der Waals surface area contributed by atoms with Gasteiger partial charge >= 0.3 is 0 Å². The molecule has 1 aromatic heterocycles. The fourth-order valence-electron chi connectivity index (χ4n) is 2.54. The van der Waals surface area contributed by atoms with Crippen molar-refractivity contribution in [1.82, 2.24) is 20.0 Å². The summed E-state index contributed by atoms with van der Waals surface area (Å²) in [6.07, 6.45) is 4.76. The summed E-state index contributed by atoms with van der Waals surface area (Å²) in [5.74, 6) is 0.115. The van der Waals surface area contributed by atoms with Crippen LogP contribution >= 0.6 is 0 Å². The topological polar surface area (TPSA) is 50.2 Å². The third-order valence-electron chi connectivity index (χ3n) is 3.51. The Bertz CT molecular complexity index is 395. The molecule has 1 N–H and O–H groups in total. The third-order valence-corrected chi connectivity index (χ3v) is 3.51. The highest BCUT2D eigenvalue weighted by molar-refractivity contribution is 5.92. The molecule has 0 saturated carbocycles. The maximum Gasteiger partial charge on any atom is 0.272 e. The highest BCUT2D eigenvalue weighted by Crippen LogP contribution is 2.15. The summed E-state index contributed by atoms with van der Waals surface area (Å²) >= 11 is 0. The Balaban J connectivity index is 2.13. The van der Waals surface area contributed by atoms with Gasteiger partial charge < -0.3 is 10.2 Å². The molecule has 1 saturated heterocycles. The van der Waals surface area contributed by atoms with E-state index in [1.807, 2.05) is 11.9 Å². The molecule has 1 aromatic rings. The lowest BCUT2D eigenvalue weighted by Crippen LogP contribution is -2.46. The molecule has 18 heavy (non-hydrogen) atoms. The second-order valence-corrected chi connectivity index (χ2v) is 4.82. The maximum absolute atomic E-state index is 12.6. The zero-order valence-corrected chi connectivity index (χ0v) is 11.2. The van der Waals surface area contributed by atoms with Crippen LogP contribution in [0.5, 0.6) is 0 Å². The van der Waals surface area contributed by atoms with E-state index in [4.69, 9.17) is 0 Å². The summed E-state index contributed by atoms with van der Waals surface area (Å²) in [5, 5.41) is 7.42. The number of nitrogens with one attached hydrogen (secondary N) is 1. The molecule has 2 heterocycles. The molecular weight excluding hydrogens is 228 g/mol. The first kappa shape index (κ1) is 13.1. The van der Waals surface area contributed by atoms with Gasteiger partial charge in [0, 0.05) is 25.8 Å². The molecule has 0 aromatic carbocycles. The van der Waals surface area contributed by atoms with E-state index in [9.17, 15) is 4.79 Å². The van der Waals surface area contributed by atoms with Crippen LogP contribution < -0.4 is 5.32 Å². The van der Waals surface area contributed by atoms with Crippen molar-refractivity contribution in [3.8, 4) is 0 Å². The standard InChI is InChI=1S/C13H22N4O/c1-3-10-17(11-4-7-14-8-5-11)13(18)12-6-9-15-16(12)2/h6,9,11,14H,3-5,7-8,10H2,1-2H3. The highest BCUT2D eigenvalue weighted by Gasteiger charge is 2.26. The molecule has 5 heteroatoms. The number of aromatic nitrogens is 2. The van der Waals surface area contributed by atoms with E-state index in [1.54, 1.807) is 16.9 Å². The predicted molar refractivity (Wildman–Crippen MR) is 70.4 cm³/mol. The van der Waals surface area contributed by atoms with Gasteiger partial charge in [-0.1, -0.05) is 6.92 Å². The highest BCUT2D eigenvalue weighted by atomic mass is 16.2. The van der Waals surface area contributed by atoms with E-state index in [-0.39, 0.29) is 5.91 Å². The molecule has 1 aliphatic heterocycles. The summed E-state index contributed by atoms with van der Waals surface area (Å²) in [6.45, 7) is 4.95. The quantitative estimate of drug-likeness (QED) is 0.868. The van der Waals surface area contributed by atoms with Crippen LogP contribution in [0.25, 0.3) is 0 Å². The van der Waals surface area contributed by atoms with Crippen molar-refractivity contribution in [2.45, 2.75) is 32.2 Å². The minimum absolute atomic E-state index is 0.115. The number of amides is 1. The number of aryl methyl sites for hydroxylation is 1. The average molecular weight is 250 g/mol. The molecule has 0 bridgehead atoms. The Morgan fingerprint density at radius 2 is 2.28 bits per heavy atom. The minimum Gasteiger partial charge on any atom is -0.334 e. The molecule has 0 radical (unpaired) electrons. The van der Waals surface area contributed by atoms with Crippen LogP contribution in [0.15, 0.2) is 12.3 Å². The van der Waals surface area contributed by atoms with Gasteiger partial charge in [-0.3, -0.25) is 9.48 Å². The number of rotatable bonds is 4.